The van der Waals surface area contributed by atoms with Crippen LogP contribution >= 0.6 is 23.2 Å². The molecule has 2 saturated carbocycles. The highest BCUT2D eigenvalue weighted by molar-refractivity contribution is 7.89. The summed E-state index contributed by atoms with van der Waals surface area (Å²) in [6.45, 7) is 1.01. The minimum Gasteiger partial charge on any atom is -0.310 e. The molecule has 2 N–H and O–H groups in total. The Morgan fingerprint density at radius 1 is 1.14 bits per heavy atom. The van der Waals surface area contributed by atoms with E-state index in [4.69, 9.17) is 23.2 Å². The van der Waals surface area contributed by atoms with Gasteiger partial charge in [-0.3, -0.25) is 0 Å². The fraction of sp³-hybridized carbons (Fsp3) is 0.571. The topological polar surface area (TPSA) is 58.2 Å². The number of nitrogens with one attached hydrogen (secondary N) is 2. The Labute approximate surface area is 135 Å². The Morgan fingerprint density at radius 2 is 1.86 bits per heavy atom. The highest BCUT2D eigenvalue weighted by Gasteiger charge is 2.27. The monoisotopic (exact) mass is 348 g/mol. The van der Waals surface area contributed by atoms with E-state index in [1.165, 1.54) is 6.07 Å². The van der Waals surface area contributed by atoms with Gasteiger partial charge < -0.3 is 5.32 Å². The second-order valence-corrected chi connectivity index (χ2v) is 8.38. The molecule has 0 atom stereocenters. The standard InChI is InChI=1S/C14H18Cl2N2O2S/c15-11-5-10(8-17-12-3-4-12)14(16)13(6-11)21(19,20)18-7-9-1-2-9/h5-6,9,12,17-18H,1-4,7-8H2. The van der Waals surface area contributed by atoms with Gasteiger partial charge in [-0.2, -0.15) is 0 Å². The summed E-state index contributed by atoms with van der Waals surface area (Å²) in [6, 6.07) is 3.66. The van der Waals surface area contributed by atoms with Crippen LogP contribution < -0.4 is 10.0 Å². The quantitative estimate of drug-likeness (QED) is 0.796. The number of benzene rings is 1. The highest BCUT2D eigenvalue weighted by atomic mass is 35.5. The molecule has 1 aromatic rings. The minimum absolute atomic E-state index is 0.0740. The number of rotatable bonds is 7. The lowest BCUT2D eigenvalue weighted by atomic mass is 10.2. The van der Waals surface area contributed by atoms with Gasteiger partial charge in [0.1, 0.15) is 4.90 Å². The Bertz CT molecular complexity index is 641. The lowest BCUT2D eigenvalue weighted by Gasteiger charge is -2.13. The van der Waals surface area contributed by atoms with Crippen LogP contribution in [-0.4, -0.2) is 21.0 Å². The van der Waals surface area contributed by atoms with E-state index in [0.29, 0.717) is 30.1 Å². The third kappa shape index (κ3) is 4.11. The molecule has 2 fully saturated rings. The SMILES string of the molecule is O=S(=O)(NCC1CC1)c1cc(Cl)cc(CNC2CC2)c1Cl. The fourth-order valence-corrected chi connectivity index (χ4v) is 4.16. The van der Waals surface area contributed by atoms with Gasteiger partial charge in [0.2, 0.25) is 10.0 Å². The van der Waals surface area contributed by atoms with E-state index < -0.39 is 10.0 Å². The van der Waals surface area contributed by atoms with Crippen LogP contribution in [0.5, 0.6) is 0 Å². The van der Waals surface area contributed by atoms with E-state index in [2.05, 4.69) is 10.0 Å². The third-order valence-corrected chi connectivity index (χ3v) is 6.01. The first kappa shape index (κ1) is 15.6. The first-order chi connectivity index (χ1) is 9.95. The fourth-order valence-electron chi connectivity index (χ4n) is 2.11. The van der Waals surface area contributed by atoms with Crippen molar-refractivity contribution in [1.29, 1.82) is 0 Å². The maximum atomic E-state index is 12.4. The smallest absolute Gasteiger partial charge is 0.242 e. The van der Waals surface area contributed by atoms with Gasteiger partial charge in [0.25, 0.3) is 0 Å². The zero-order valence-corrected chi connectivity index (χ0v) is 13.9. The maximum Gasteiger partial charge on any atom is 0.242 e. The van der Waals surface area contributed by atoms with Crippen LogP contribution in [-0.2, 0) is 16.6 Å². The lowest BCUT2D eigenvalue weighted by Crippen LogP contribution is -2.26. The van der Waals surface area contributed by atoms with E-state index in [1.54, 1.807) is 6.07 Å². The van der Waals surface area contributed by atoms with Gasteiger partial charge in [-0.25, -0.2) is 13.1 Å². The van der Waals surface area contributed by atoms with Crippen LogP contribution in [0.3, 0.4) is 0 Å². The molecular weight excluding hydrogens is 331 g/mol. The summed E-state index contributed by atoms with van der Waals surface area (Å²) in [5.74, 6) is 0.466. The molecular formula is C14H18Cl2N2O2S. The second-order valence-electron chi connectivity index (χ2n) is 5.83. The molecule has 0 aromatic heterocycles. The average Bonchev–Trinajstić information content (AvgIpc) is 3.30. The highest BCUT2D eigenvalue weighted by Crippen LogP contribution is 2.32. The normalized spacial score (nSPS) is 19.0. The summed E-state index contributed by atoms with van der Waals surface area (Å²) in [4.78, 5) is 0.0740. The second kappa shape index (κ2) is 6.05. The first-order valence-electron chi connectivity index (χ1n) is 7.16. The first-order valence-corrected chi connectivity index (χ1v) is 9.40. The van der Waals surface area contributed by atoms with Crippen molar-refractivity contribution >= 4 is 33.2 Å². The Balaban J connectivity index is 1.81. The van der Waals surface area contributed by atoms with Crippen LogP contribution in [0.2, 0.25) is 10.0 Å². The predicted molar refractivity (Wildman–Crippen MR) is 84.2 cm³/mol. The molecule has 3 rings (SSSR count). The van der Waals surface area contributed by atoms with Crippen LogP contribution in [0, 0.1) is 5.92 Å². The van der Waals surface area contributed by atoms with Crippen LogP contribution in [0.1, 0.15) is 31.2 Å². The Hall–Kier alpha value is -0.330. The average molecular weight is 349 g/mol. The largest absolute Gasteiger partial charge is 0.310 e. The van der Waals surface area contributed by atoms with Crippen LogP contribution in [0.4, 0.5) is 0 Å². The molecule has 116 valence electrons. The minimum atomic E-state index is -3.61. The summed E-state index contributed by atoms with van der Waals surface area (Å²) < 4.78 is 27.3. The molecule has 4 nitrogen and oxygen atoms in total. The van der Waals surface area contributed by atoms with Gasteiger partial charge in [0.05, 0.1) is 5.02 Å². The summed E-state index contributed by atoms with van der Waals surface area (Å²) in [5.41, 5.74) is 0.725. The summed E-state index contributed by atoms with van der Waals surface area (Å²) in [5, 5.41) is 3.97. The van der Waals surface area contributed by atoms with Gasteiger partial charge in [0.15, 0.2) is 0 Å². The zero-order valence-electron chi connectivity index (χ0n) is 11.5. The molecule has 0 aliphatic heterocycles. The molecule has 0 heterocycles. The molecule has 21 heavy (non-hydrogen) atoms. The van der Waals surface area contributed by atoms with Crippen LogP contribution in [0.25, 0.3) is 0 Å². The van der Waals surface area contributed by atoms with E-state index in [1.807, 2.05) is 0 Å². The van der Waals surface area contributed by atoms with Crippen molar-refractivity contribution in [2.75, 3.05) is 6.54 Å². The van der Waals surface area contributed by atoms with Gasteiger partial charge in [-0.05, 0) is 49.3 Å². The van der Waals surface area contributed by atoms with E-state index in [-0.39, 0.29) is 9.92 Å². The summed E-state index contributed by atoms with van der Waals surface area (Å²) >= 11 is 12.3. The van der Waals surface area contributed by atoms with Gasteiger partial charge in [0, 0.05) is 24.2 Å². The van der Waals surface area contributed by atoms with E-state index in [0.717, 1.165) is 31.2 Å². The number of hydrogen-bond acceptors (Lipinski definition) is 3. The van der Waals surface area contributed by atoms with Crippen molar-refractivity contribution in [3.63, 3.8) is 0 Å². The molecule has 0 saturated heterocycles. The molecule has 0 unspecified atom stereocenters. The summed E-state index contributed by atoms with van der Waals surface area (Å²) in [7, 11) is -3.61. The molecule has 2 aliphatic rings. The molecule has 1 aromatic carbocycles. The van der Waals surface area contributed by atoms with Crippen molar-refractivity contribution in [3.8, 4) is 0 Å². The molecule has 0 bridgehead atoms. The Kier molecular flexibility index (Phi) is 4.48. The van der Waals surface area contributed by atoms with Gasteiger partial charge in [-0.15, -0.1) is 0 Å². The molecule has 7 heteroatoms. The summed E-state index contributed by atoms with van der Waals surface area (Å²) in [6.07, 6.45) is 4.49. The van der Waals surface area contributed by atoms with Gasteiger partial charge >= 0.3 is 0 Å². The number of halogens is 2. The van der Waals surface area contributed by atoms with Crippen molar-refractivity contribution in [2.45, 2.75) is 43.2 Å². The Morgan fingerprint density at radius 3 is 2.48 bits per heavy atom. The number of sulfonamides is 1. The van der Waals surface area contributed by atoms with Gasteiger partial charge in [-0.1, -0.05) is 23.2 Å². The van der Waals surface area contributed by atoms with Crippen LogP contribution in [0.15, 0.2) is 17.0 Å². The molecule has 0 amide bonds. The van der Waals surface area contributed by atoms with Crippen molar-refractivity contribution in [1.82, 2.24) is 10.0 Å². The predicted octanol–water partition coefficient (Wildman–Crippen LogP) is 2.93. The van der Waals surface area contributed by atoms with E-state index in [9.17, 15) is 8.42 Å². The zero-order chi connectivity index (χ0) is 15.0. The van der Waals surface area contributed by atoms with E-state index >= 15 is 0 Å². The molecule has 2 aliphatic carbocycles. The molecule has 0 radical (unpaired) electrons. The third-order valence-electron chi connectivity index (χ3n) is 3.79. The number of hydrogen-bond donors (Lipinski definition) is 2. The van der Waals surface area contributed by atoms with Crippen molar-refractivity contribution in [3.05, 3.63) is 27.7 Å². The van der Waals surface area contributed by atoms with Crippen molar-refractivity contribution in [2.24, 2.45) is 5.92 Å². The van der Waals surface area contributed by atoms with Crippen molar-refractivity contribution < 1.29 is 8.42 Å². The lowest BCUT2D eigenvalue weighted by molar-refractivity contribution is 0.577. The molecule has 0 spiro atoms. The maximum absolute atomic E-state index is 12.4.